The lowest BCUT2D eigenvalue weighted by Gasteiger charge is -2.23. The summed E-state index contributed by atoms with van der Waals surface area (Å²) in [6.45, 7) is 1.96. The summed E-state index contributed by atoms with van der Waals surface area (Å²) >= 11 is 1.07. The van der Waals surface area contributed by atoms with Gasteiger partial charge < -0.3 is 0 Å². The van der Waals surface area contributed by atoms with Crippen molar-refractivity contribution in [2.45, 2.75) is 11.8 Å². The van der Waals surface area contributed by atoms with Crippen LogP contribution in [-0.2, 0) is 10.0 Å². The molecule has 1 amide bonds. The van der Waals surface area contributed by atoms with Crippen LogP contribution >= 0.6 is 11.3 Å². The Hall–Kier alpha value is -4.48. The highest BCUT2D eigenvalue weighted by molar-refractivity contribution is 7.92. The van der Waals surface area contributed by atoms with Gasteiger partial charge in [0, 0.05) is 12.1 Å². The number of sulfonamides is 1. The van der Waals surface area contributed by atoms with E-state index in [4.69, 9.17) is 0 Å². The molecule has 40 heavy (non-hydrogen) atoms. The average molecular weight is 577 g/mol. The molecular weight excluding hydrogens is 554 g/mol. The molecule has 0 bridgehead atoms. The molecule has 0 spiro atoms. The number of aromatic nitrogens is 1. The van der Waals surface area contributed by atoms with Gasteiger partial charge in [0.2, 0.25) is 5.13 Å². The Morgan fingerprint density at radius 3 is 2.27 bits per heavy atom. The minimum absolute atomic E-state index is 0.0200. The largest absolute Gasteiger partial charge is 0.280 e. The van der Waals surface area contributed by atoms with Crippen LogP contribution in [0.2, 0.25) is 0 Å². The first-order chi connectivity index (χ1) is 19.3. The zero-order valence-electron chi connectivity index (χ0n) is 21.1. The molecule has 0 saturated heterocycles. The molecule has 0 fully saturated rings. The highest BCUT2D eigenvalue weighted by Gasteiger charge is 2.25. The molecule has 0 aliphatic carbocycles. The molecule has 0 aliphatic rings. The van der Waals surface area contributed by atoms with E-state index in [2.05, 4.69) is 10.1 Å². The maximum Gasteiger partial charge on any atom is 0.280 e. The number of carbonyl (C=O) groups excluding carboxylic acids is 1. The van der Waals surface area contributed by atoms with Gasteiger partial charge in [0.25, 0.3) is 15.9 Å². The Balaban J connectivity index is 1.49. The Morgan fingerprint density at radius 2 is 1.60 bits per heavy atom. The van der Waals surface area contributed by atoms with Crippen LogP contribution < -0.4 is 9.31 Å². The van der Waals surface area contributed by atoms with Crippen LogP contribution in [-0.4, -0.2) is 32.1 Å². The van der Waals surface area contributed by atoms with Crippen molar-refractivity contribution in [3.63, 3.8) is 0 Å². The summed E-state index contributed by atoms with van der Waals surface area (Å²) in [7, 11) is -3.89. The second-order valence-electron chi connectivity index (χ2n) is 8.55. The summed E-state index contributed by atoms with van der Waals surface area (Å²) in [4.78, 5) is 18.1. The molecule has 1 heterocycles. The zero-order valence-corrected chi connectivity index (χ0v) is 22.7. The van der Waals surface area contributed by atoms with Gasteiger partial charge >= 0.3 is 0 Å². The van der Waals surface area contributed by atoms with E-state index < -0.39 is 27.6 Å². The van der Waals surface area contributed by atoms with Crippen LogP contribution in [0.5, 0.6) is 0 Å². The topological polar surface area (TPSA) is 82.9 Å². The Kier molecular flexibility index (Phi) is 7.67. The first kappa shape index (κ1) is 27.1. The highest BCUT2D eigenvalue weighted by Crippen LogP contribution is 2.31. The van der Waals surface area contributed by atoms with Gasteiger partial charge in [0.05, 0.1) is 27.0 Å². The molecule has 0 radical (unpaired) electrons. The van der Waals surface area contributed by atoms with Gasteiger partial charge in [-0.15, -0.1) is 0 Å². The van der Waals surface area contributed by atoms with E-state index in [-0.39, 0.29) is 22.1 Å². The van der Waals surface area contributed by atoms with Gasteiger partial charge in [-0.05, 0) is 79.2 Å². The smallest absolute Gasteiger partial charge is 0.267 e. The number of hydrogen-bond donors (Lipinski definition) is 0. The van der Waals surface area contributed by atoms with E-state index in [1.807, 2.05) is 0 Å². The average Bonchev–Trinajstić information content (AvgIpc) is 3.37. The van der Waals surface area contributed by atoms with Crippen LogP contribution in [0.15, 0.2) is 107 Å². The summed E-state index contributed by atoms with van der Waals surface area (Å²) in [5.74, 6) is -1.44. The van der Waals surface area contributed by atoms with Crippen LogP contribution in [0.3, 0.4) is 0 Å². The Morgan fingerprint density at radius 1 is 0.925 bits per heavy atom. The fraction of sp³-hybridized carbons (Fsp3) is 0.0690. The van der Waals surface area contributed by atoms with E-state index >= 15 is 0 Å². The van der Waals surface area contributed by atoms with Crippen LogP contribution in [0.1, 0.15) is 22.8 Å². The van der Waals surface area contributed by atoms with Gasteiger partial charge in [-0.2, -0.15) is 10.1 Å². The molecule has 0 unspecified atom stereocenters. The van der Waals surface area contributed by atoms with Gasteiger partial charge in [-0.1, -0.05) is 41.7 Å². The minimum atomic E-state index is -3.89. The van der Waals surface area contributed by atoms with Gasteiger partial charge in [-0.25, -0.2) is 22.2 Å². The summed E-state index contributed by atoms with van der Waals surface area (Å²) < 4.78 is 55.6. The third-order valence-electron chi connectivity index (χ3n) is 5.93. The van der Waals surface area contributed by atoms with E-state index in [0.717, 1.165) is 16.3 Å². The normalized spacial score (nSPS) is 11.7. The second kappa shape index (κ2) is 11.3. The molecule has 202 valence electrons. The lowest BCUT2D eigenvalue weighted by molar-refractivity contribution is 0.0987. The van der Waals surface area contributed by atoms with E-state index in [0.29, 0.717) is 21.5 Å². The molecule has 0 saturated carbocycles. The van der Waals surface area contributed by atoms with Crippen molar-refractivity contribution in [1.29, 1.82) is 0 Å². The molecule has 0 atom stereocenters. The fourth-order valence-electron chi connectivity index (χ4n) is 3.94. The van der Waals surface area contributed by atoms with Gasteiger partial charge in [0.1, 0.15) is 11.6 Å². The number of hydrogen-bond acceptors (Lipinski definition) is 6. The fourth-order valence-corrected chi connectivity index (χ4v) is 6.36. The lowest BCUT2D eigenvalue weighted by Crippen LogP contribution is -2.31. The lowest BCUT2D eigenvalue weighted by atomic mass is 10.2. The zero-order chi connectivity index (χ0) is 28.3. The van der Waals surface area contributed by atoms with Crippen molar-refractivity contribution in [3.05, 3.63) is 120 Å². The minimum Gasteiger partial charge on any atom is -0.267 e. The quantitative estimate of drug-likeness (QED) is 0.157. The maximum absolute atomic E-state index is 13.8. The number of nitrogens with zero attached hydrogens (tertiary/aromatic N) is 4. The number of amides is 1. The molecule has 7 nitrogen and oxygen atoms in total. The van der Waals surface area contributed by atoms with Crippen molar-refractivity contribution in [2.24, 2.45) is 5.10 Å². The molecule has 5 aromatic rings. The molecule has 11 heteroatoms. The summed E-state index contributed by atoms with van der Waals surface area (Å²) in [6, 6.07) is 23.9. The predicted molar refractivity (Wildman–Crippen MR) is 153 cm³/mol. The summed E-state index contributed by atoms with van der Waals surface area (Å²) in [5, 5.41) is 5.54. The maximum atomic E-state index is 13.8. The number of para-hydroxylation sites is 1. The number of benzene rings is 4. The third-order valence-corrected chi connectivity index (χ3v) is 8.84. The van der Waals surface area contributed by atoms with E-state index in [1.165, 1.54) is 77.2 Å². The van der Waals surface area contributed by atoms with Crippen molar-refractivity contribution >= 4 is 54.5 Å². The predicted octanol–water partition coefficient (Wildman–Crippen LogP) is 6.47. The van der Waals surface area contributed by atoms with Crippen LogP contribution in [0, 0.1) is 11.6 Å². The second-order valence-corrected chi connectivity index (χ2v) is 11.4. The highest BCUT2D eigenvalue weighted by atomic mass is 32.2. The number of carbonyl (C=O) groups is 1. The monoisotopic (exact) mass is 576 g/mol. The van der Waals surface area contributed by atoms with Crippen molar-refractivity contribution in [1.82, 2.24) is 4.98 Å². The molecule has 1 aromatic heterocycles. The third kappa shape index (κ3) is 5.61. The molecule has 4 aromatic carbocycles. The number of rotatable bonds is 8. The van der Waals surface area contributed by atoms with E-state index in [1.54, 1.807) is 37.3 Å². The van der Waals surface area contributed by atoms with E-state index in [9.17, 15) is 22.0 Å². The molecule has 0 aliphatic heterocycles. The van der Waals surface area contributed by atoms with Crippen molar-refractivity contribution < 1.29 is 22.0 Å². The van der Waals surface area contributed by atoms with Crippen molar-refractivity contribution in [3.8, 4) is 0 Å². The first-order valence-corrected chi connectivity index (χ1v) is 14.4. The molecular formula is C29H22F2N4O3S2. The first-order valence-electron chi connectivity index (χ1n) is 12.1. The summed E-state index contributed by atoms with van der Waals surface area (Å²) in [5.41, 5.74) is 1.70. The number of thiazole rings is 1. The molecule has 5 rings (SSSR count). The van der Waals surface area contributed by atoms with Crippen molar-refractivity contribution in [2.75, 3.05) is 15.9 Å². The number of halogens is 2. The number of hydrazone groups is 1. The van der Waals surface area contributed by atoms with Crippen LogP contribution in [0.4, 0.5) is 19.6 Å². The number of anilines is 2. The molecule has 0 N–H and O–H groups in total. The Labute approximate surface area is 233 Å². The van der Waals surface area contributed by atoms with Gasteiger partial charge in [0.15, 0.2) is 0 Å². The Bertz CT molecular complexity index is 1790. The summed E-state index contributed by atoms with van der Waals surface area (Å²) in [6.07, 6.45) is 1.38. The number of fused-ring (bicyclic) bond motifs is 1. The van der Waals surface area contributed by atoms with Gasteiger partial charge in [-0.3, -0.25) is 9.10 Å². The SMILES string of the molecule is CCN(c1ccccc1)S(=O)(=O)c1ccc(C(=O)N(/N=C/c2ccc(F)cc2)c2nc3ccc(F)cc3s2)cc1. The van der Waals surface area contributed by atoms with Crippen LogP contribution in [0.25, 0.3) is 10.2 Å². The standard InChI is InChI=1S/C29H22F2N4O3S2/c1-2-34(24-6-4-3-5-7-24)40(37,38)25-15-10-21(11-16-25)28(36)35(32-19-20-8-12-22(30)13-9-20)29-33-26-17-14-23(31)18-27(26)39-29/h3-19H,2H2,1H3/b32-19+.